The Morgan fingerprint density at radius 1 is 1.45 bits per heavy atom. The highest BCUT2D eigenvalue weighted by molar-refractivity contribution is 8.00. The van der Waals surface area contributed by atoms with E-state index in [9.17, 15) is 24.3 Å². The normalized spacial score (nSPS) is 21.1. The monoisotopic (exact) mass is 419 g/mol. The third-order valence-corrected chi connectivity index (χ3v) is 5.67. The van der Waals surface area contributed by atoms with Gasteiger partial charge in [-0.1, -0.05) is 11.2 Å². The quantitative estimate of drug-likeness (QED) is 0.237. The summed E-state index contributed by atoms with van der Waals surface area (Å²) in [5.41, 5.74) is 0.462. The van der Waals surface area contributed by atoms with Crippen molar-refractivity contribution >= 4 is 47.5 Å². The number of hydrogen-bond acceptors (Lipinski definition) is 8. The van der Waals surface area contributed by atoms with E-state index >= 15 is 0 Å². The highest BCUT2D eigenvalue weighted by Crippen LogP contribution is 2.40. The summed E-state index contributed by atoms with van der Waals surface area (Å²) in [4.78, 5) is 57.3. The molecule has 1 fully saturated rings. The van der Waals surface area contributed by atoms with Gasteiger partial charge in [0.1, 0.15) is 35.7 Å². The number of amides is 3. The van der Waals surface area contributed by atoms with E-state index in [1.807, 2.05) is 0 Å². The number of anilines is 1. The maximum Gasteiger partial charge on any atom is 0.352 e. The van der Waals surface area contributed by atoms with Crippen LogP contribution in [0.25, 0.3) is 0 Å². The summed E-state index contributed by atoms with van der Waals surface area (Å²) < 4.78 is 0. The molecule has 3 N–H and O–H groups in total. The molecule has 29 heavy (non-hydrogen) atoms. The predicted molar refractivity (Wildman–Crippen MR) is 103 cm³/mol. The SMILES string of the molecule is CON=C(C(=O)NC1C(=O)N2C(C(=O)O)=C(C)CS[C@@H]12)c1cccc(NC=O)n1. The highest BCUT2D eigenvalue weighted by Gasteiger charge is 2.54. The molecule has 12 heteroatoms. The molecule has 2 aliphatic rings. The summed E-state index contributed by atoms with van der Waals surface area (Å²) >= 11 is 1.36. The second-order valence-corrected chi connectivity index (χ2v) is 7.19. The van der Waals surface area contributed by atoms with Crippen LogP contribution in [0, 0.1) is 0 Å². The van der Waals surface area contributed by atoms with Gasteiger partial charge in [-0.05, 0) is 24.6 Å². The fraction of sp³-hybridized carbons (Fsp3) is 0.294. The predicted octanol–water partition coefficient (Wildman–Crippen LogP) is -0.241. The molecule has 0 saturated carbocycles. The highest BCUT2D eigenvalue weighted by atomic mass is 32.2. The molecule has 2 atom stereocenters. The van der Waals surface area contributed by atoms with E-state index in [1.165, 1.54) is 35.9 Å². The van der Waals surface area contributed by atoms with Crippen LogP contribution in [0.4, 0.5) is 5.82 Å². The fourth-order valence-corrected chi connectivity index (χ4v) is 4.28. The number of carbonyl (C=O) groups excluding carboxylic acids is 3. The molecule has 1 unspecified atom stereocenters. The number of rotatable bonds is 7. The lowest BCUT2D eigenvalue weighted by molar-refractivity contribution is -0.150. The lowest BCUT2D eigenvalue weighted by atomic mass is 10.0. The molecule has 0 spiro atoms. The Kier molecular flexibility index (Phi) is 5.82. The summed E-state index contributed by atoms with van der Waals surface area (Å²) in [5.74, 6) is -1.79. The molecule has 0 aliphatic carbocycles. The average Bonchev–Trinajstić information content (AvgIpc) is 2.70. The van der Waals surface area contributed by atoms with Crippen molar-refractivity contribution in [3.05, 3.63) is 35.2 Å². The van der Waals surface area contributed by atoms with E-state index in [-0.39, 0.29) is 22.9 Å². The number of pyridine rings is 1. The maximum absolute atomic E-state index is 12.7. The van der Waals surface area contributed by atoms with Gasteiger partial charge in [-0.15, -0.1) is 11.8 Å². The Morgan fingerprint density at radius 2 is 2.21 bits per heavy atom. The molecule has 11 nitrogen and oxygen atoms in total. The van der Waals surface area contributed by atoms with Gasteiger partial charge < -0.3 is 20.6 Å². The minimum absolute atomic E-state index is 0.0515. The number of nitrogens with one attached hydrogen (secondary N) is 2. The van der Waals surface area contributed by atoms with Gasteiger partial charge in [-0.2, -0.15) is 0 Å². The van der Waals surface area contributed by atoms with E-state index in [4.69, 9.17) is 4.84 Å². The smallest absolute Gasteiger partial charge is 0.352 e. The number of carbonyl (C=O) groups is 4. The Labute approximate surface area is 169 Å². The van der Waals surface area contributed by atoms with Crippen LogP contribution in [-0.4, -0.2) is 69.2 Å². The van der Waals surface area contributed by atoms with Gasteiger partial charge in [-0.25, -0.2) is 9.78 Å². The van der Waals surface area contributed by atoms with Crippen molar-refractivity contribution in [3.63, 3.8) is 0 Å². The van der Waals surface area contributed by atoms with Gasteiger partial charge >= 0.3 is 5.97 Å². The molecule has 1 aromatic heterocycles. The van der Waals surface area contributed by atoms with Crippen molar-refractivity contribution in [1.82, 2.24) is 15.2 Å². The average molecular weight is 419 g/mol. The number of β-lactam (4-membered cyclic amide) rings is 1. The number of hydrogen-bond donors (Lipinski definition) is 3. The van der Waals surface area contributed by atoms with Gasteiger partial charge in [0.2, 0.25) is 6.41 Å². The fourth-order valence-electron chi connectivity index (χ4n) is 2.99. The summed E-state index contributed by atoms with van der Waals surface area (Å²) in [6.45, 7) is 1.65. The molecule has 0 radical (unpaired) electrons. The number of oxime groups is 1. The summed E-state index contributed by atoms with van der Waals surface area (Å²) in [7, 11) is 1.25. The first kappa shape index (κ1) is 20.3. The number of fused-ring (bicyclic) bond motifs is 1. The van der Waals surface area contributed by atoms with Gasteiger partial charge in [0.05, 0.1) is 0 Å². The Hall–Kier alpha value is -3.41. The number of carboxylic acid groups (broad SMARTS) is 1. The van der Waals surface area contributed by atoms with E-state index in [1.54, 1.807) is 13.0 Å². The number of nitrogens with zero attached hydrogens (tertiary/aromatic N) is 3. The molecule has 3 amide bonds. The Balaban J connectivity index is 1.80. The summed E-state index contributed by atoms with van der Waals surface area (Å²) in [5, 5.41) is 17.5. The first-order valence-corrected chi connectivity index (χ1v) is 9.41. The number of thioether (sulfide) groups is 1. The zero-order valence-electron chi connectivity index (χ0n) is 15.4. The van der Waals surface area contributed by atoms with Gasteiger partial charge in [0.15, 0.2) is 5.71 Å². The van der Waals surface area contributed by atoms with Crippen LogP contribution in [0.5, 0.6) is 0 Å². The van der Waals surface area contributed by atoms with Gasteiger partial charge in [-0.3, -0.25) is 19.3 Å². The van der Waals surface area contributed by atoms with Crippen LogP contribution in [0.2, 0.25) is 0 Å². The molecule has 1 saturated heterocycles. The zero-order valence-corrected chi connectivity index (χ0v) is 16.2. The molecule has 152 valence electrons. The van der Waals surface area contributed by atoms with Crippen LogP contribution >= 0.6 is 11.8 Å². The van der Waals surface area contributed by atoms with Crippen molar-refractivity contribution < 1.29 is 29.1 Å². The summed E-state index contributed by atoms with van der Waals surface area (Å²) in [6, 6.07) is 3.67. The van der Waals surface area contributed by atoms with E-state index in [2.05, 4.69) is 20.8 Å². The van der Waals surface area contributed by atoms with Gasteiger partial charge in [0.25, 0.3) is 11.8 Å². The van der Waals surface area contributed by atoms with Crippen LogP contribution < -0.4 is 10.6 Å². The van der Waals surface area contributed by atoms with Crippen molar-refractivity contribution in [2.75, 3.05) is 18.2 Å². The van der Waals surface area contributed by atoms with Crippen molar-refractivity contribution in [2.45, 2.75) is 18.3 Å². The van der Waals surface area contributed by atoms with E-state index in [0.717, 1.165) is 0 Å². The molecule has 2 aliphatic heterocycles. The Morgan fingerprint density at radius 3 is 2.86 bits per heavy atom. The van der Waals surface area contributed by atoms with Crippen LogP contribution in [0.3, 0.4) is 0 Å². The minimum Gasteiger partial charge on any atom is -0.477 e. The van der Waals surface area contributed by atoms with Crippen molar-refractivity contribution in [3.8, 4) is 0 Å². The molecule has 3 heterocycles. The number of aliphatic carboxylic acids is 1. The van der Waals surface area contributed by atoms with Crippen LogP contribution in [0.15, 0.2) is 34.6 Å². The van der Waals surface area contributed by atoms with Crippen molar-refractivity contribution in [1.29, 1.82) is 0 Å². The number of aromatic nitrogens is 1. The Bertz CT molecular complexity index is 946. The largest absolute Gasteiger partial charge is 0.477 e. The maximum atomic E-state index is 12.7. The lowest BCUT2D eigenvalue weighted by Crippen LogP contribution is -2.71. The molecule has 0 aromatic carbocycles. The molecule has 0 bridgehead atoms. The van der Waals surface area contributed by atoms with E-state index in [0.29, 0.717) is 17.7 Å². The van der Waals surface area contributed by atoms with Gasteiger partial charge in [0, 0.05) is 5.75 Å². The first-order valence-electron chi connectivity index (χ1n) is 8.36. The van der Waals surface area contributed by atoms with Crippen molar-refractivity contribution in [2.24, 2.45) is 5.16 Å². The summed E-state index contributed by atoms with van der Waals surface area (Å²) in [6.07, 6.45) is 0.441. The molecule has 3 rings (SSSR count). The second kappa shape index (κ2) is 8.31. The minimum atomic E-state index is -1.18. The van der Waals surface area contributed by atoms with E-state index < -0.39 is 29.2 Å². The molecular weight excluding hydrogens is 402 g/mol. The third-order valence-electron chi connectivity index (χ3n) is 4.24. The molecular formula is C17H17N5O6S. The zero-order chi connectivity index (χ0) is 21.1. The molecule has 1 aromatic rings. The van der Waals surface area contributed by atoms with Crippen LogP contribution in [-0.2, 0) is 24.0 Å². The standard InChI is InChI=1S/C17H17N5O6S/c1-8-6-29-16-12(15(25)22(16)13(8)17(26)27)20-14(24)11(21-28-2)9-4-3-5-10(19-9)18-7-23/h3-5,7,12,16H,6H2,1-2H3,(H,20,24)(H,26,27)(H,18,19,23)/t12?,16-/m0/s1. The topological polar surface area (TPSA) is 150 Å². The third kappa shape index (κ3) is 3.78. The van der Waals surface area contributed by atoms with Crippen LogP contribution in [0.1, 0.15) is 12.6 Å². The first-order chi connectivity index (χ1) is 13.9. The second-order valence-electron chi connectivity index (χ2n) is 6.09. The lowest BCUT2D eigenvalue weighted by Gasteiger charge is -2.49. The number of carboxylic acids is 1.